The molecule has 1 aromatic heterocycles. The maximum absolute atomic E-state index is 12.7. The highest BCUT2D eigenvalue weighted by molar-refractivity contribution is 7.89. The van der Waals surface area contributed by atoms with Crippen LogP contribution < -0.4 is 5.32 Å². The quantitative estimate of drug-likeness (QED) is 0.676. The summed E-state index contributed by atoms with van der Waals surface area (Å²) in [6.07, 6.45) is 1.70. The largest absolute Gasteiger partial charge is 0.451 e. The van der Waals surface area contributed by atoms with E-state index in [1.807, 2.05) is 0 Å². The van der Waals surface area contributed by atoms with Crippen molar-refractivity contribution in [2.24, 2.45) is 7.05 Å². The summed E-state index contributed by atoms with van der Waals surface area (Å²) in [7, 11) is -1.95. The molecule has 1 N–H and O–H groups in total. The summed E-state index contributed by atoms with van der Waals surface area (Å²) in [5.74, 6) is -1.17. The van der Waals surface area contributed by atoms with Crippen molar-refractivity contribution in [3.05, 3.63) is 47.8 Å². The molecule has 0 bridgehead atoms. The van der Waals surface area contributed by atoms with Gasteiger partial charge in [0.05, 0.1) is 4.90 Å². The molecule has 2 aromatic rings. The molecule has 0 fully saturated rings. The minimum absolute atomic E-state index is 0.0953. The first-order valence-corrected chi connectivity index (χ1v) is 10.3. The van der Waals surface area contributed by atoms with Gasteiger partial charge in [-0.1, -0.05) is 19.9 Å². The molecule has 0 aliphatic heterocycles. The highest BCUT2D eigenvalue weighted by Crippen LogP contribution is 2.23. The molecule has 0 atom stereocenters. The van der Waals surface area contributed by atoms with Crippen LogP contribution in [0.4, 0.5) is 5.69 Å². The standard InChI is InChI=1S/C19H25N3O5S/c1-5-22(6-2)28(25,26)15-10-9-14(3)16(12-15)20-18(23)13-27-19(24)17-8-7-11-21(17)4/h7-12H,5-6,13H2,1-4H3,(H,20,23). The fourth-order valence-electron chi connectivity index (χ4n) is 2.67. The summed E-state index contributed by atoms with van der Waals surface area (Å²) < 4.78 is 33.3. The molecule has 0 saturated heterocycles. The van der Waals surface area contributed by atoms with Gasteiger partial charge in [0.2, 0.25) is 10.0 Å². The van der Waals surface area contributed by atoms with E-state index in [4.69, 9.17) is 4.74 Å². The number of hydrogen-bond acceptors (Lipinski definition) is 5. The smallest absolute Gasteiger partial charge is 0.355 e. The van der Waals surface area contributed by atoms with Crippen LogP contribution in [0.2, 0.25) is 0 Å². The second-order valence-corrected chi connectivity index (χ2v) is 8.13. The Labute approximate surface area is 165 Å². The molecular formula is C19H25N3O5S. The molecule has 152 valence electrons. The Morgan fingerprint density at radius 2 is 1.86 bits per heavy atom. The van der Waals surface area contributed by atoms with Gasteiger partial charge in [0.15, 0.2) is 6.61 Å². The number of anilines is 1. The summed E-state index contributed by atoms with van der Waals surface area (Å²) in [5, 5.41) is 2.61. The lowest BCUT2D eigenvalue weighted by molar-refractivity contribution is -0.119. The summed E-state index contributed by atoms with van der Waals surface area (Å²) in [5.41, 5.74) is 1.38. The third kappa shape index (κ3) is 4.79. The van der Waals surface area contributed by atoms with Gasteiger partial charge in [0.1, 0.15) is 5.69 Å². The molecule has 1 aromatic carbocycles. The van der Waals surface area contributed by atoms with Gasteiger partial charge in [0.25, 0.3) is 5.91 Å². The maximum atomic E-state index is 12.7. The molecule has 1 amide bonds. The van der Waals surface area contributed by atoms with Crippen LogP contribution in [-0.4, -0.2) is 48.9 Å². The van der Waals surface area contributed by atoms with E-state index in [-0.39, 0.29) is 4.90 Å². The topological polar surface area (TPSA) is 97.7 Å². The third-order valence-electron chi connectivity index (χ3n) is 4.31. The van der Waals surface area contributed by atoms with Crippen LogP contribution in [0.1, 0.15) is 29.9 Å². The van der Waals surface area contributed by atoms with Crippen LogP contribution in [0.25, 0.3) is 0 Å². The SMILES string of the molecule is CCN(CC)S(=O)(=O)c1ccc(C)c(NC(=O)COC(=O)c2cccn2C)c1. The summed E-state index contributed by atoms with van der Waals surface area (Å²) >= 11 is 0. The second-order valence-electron chi connectivity index (χ2n) is 6.19. The number of amides is 1. The van der Waals surface area contributed by atoms with Crippen LogP contribution >= 0.6 is 0 Å². The lowest BCUT2D eigenvalue weighted by Gasteiger charge is -2.19. The number of carbonyl (C=O) groups is 2. The Morgan fingerprint density at radius 1 is 1.18 bits per heavy atom. The number of sulfonamides is 1. The number of benzene rings is 1. The van der Waals surface area contributed by atoms with Crippen molar-refractivity contribution >= 4 is 27.6 Å². The van der Waals surface area contributed by atoms with Gasteiger partial charge in [-0.15, -0.1) is 0 Å². The molecule has 8 nitrogen and oxygen atoms in total. The lowest BCUT2D eigenvalue weighted by atomic mass is 10.2. The molecular weight excluding hydrogens is 382 g/mol. The van der Waals surface area contributed by atoms with E-state index in [1.54, 1.807) is 56.8 Å². The van der Waals surface area contributed by atoms with Crippen LogP contribution in [0.5, 0.6) is 0 Å². The first-order chi connectivity index (χ1) is 13.2. The van der Waals surface area contributed by atoms with Crippen molar-refractivity contribution in [3.8, 4) is 0 Å². The Bertz CT molecular complexity index is 962. The average Bonchev–Trinajstić information content (AvgIpc) is 3.08. The Kier molecular flexibility index (Phi) is 6.98. The lowest BCUT2D eigenvalue weighted by Crippen LogP contribution is -2.30. The Morgan fingerprint density at radius 3 is 2.43 bits per heavy atom. The van der Waals surface area contributed by atoms with Crippen molar-refractivity contribution in [1.29, 1.82) is 0 Å². The zero-order valence-corrected chi connectivity index (χ0v) is 17.2. The van der Waals surface area contributed by atoms with Gasteiger partial charge in [-0.25, -0.2) is 13.2 Å². The predicted molar refractivity (Wildman–Crippen MR) is 106 cm³/mol. The third-order valence-corrected chi connectivity index (χ3v) is 6.36. The molecule has 0 spiro atoms. The molecule has 0 aliphatic carbocycles. The first-order valence-electron chi connectivity index (χ1n) is 8.89. The van der Waals surface area contributed by atoms with Crippen molar-refractivity contribution in [2.75, 3.05) is 25.0 Å². The zero-order valence-electron chi connectivity index (χ0n) is 16.4. The second kappa shape index (κ2) is 9.03. The molecule has 28 heavy (non-hydrogen) atoms. The van der Waals surface area contributed by atoms with E-state index >= 15 is 0 Å². The number of nitrogens with zero attached hydrogens (tertiary/aromatic N) is 2. The van der Waals surface area contributed by atoms with Gasteiger partial charge in [-0.3, -0.25) is 4.79 Å². The molecule has 0 unspecified atom stereocenters. The van der Waals surface area contributed by atoms with E-state index in [0.717, 1.165) is 0 Å². The summed E-state index contributed by atoms with van der Waals surface area (Å²) in [6.45, 7) is 5.50. The predicted octanol–water partition coefficient (Wildman–Crippen LogP) is 2.16. The Hall–Kier alpha value is -2.65. The zero-order chi connectivity index (χ0) is 20.9. The average molecular weight is 407 g/mol. The van der Waals surface area contributed by atoms with Crippen molar-refractivity contribution in [1.82, 2.24) is 8.87 Å². The Balaban J connectivity index is 2.10. The molecule has 0 saturated carbocycles. The van der Waals surface area contributed by atoms with Gasteiger partial charge in [-0.2, -0.15) is 4.31 Å². The van der Waals surface area contributed by atoms with E-state index in [2.05, 4.69) is 5.32 Å². The number of hydrogen-bond donors (Lipinski definition) is 1. The van der Waals surface area contributed by atoms with E-state index in [0.29, 0.717) is 30.0 Å². The number of aryl methyl sites for hydroxylation is 2. The summed E-state index contributed by atoms with van der Waals surface area (Å²) in [4.78, 5) is 24.2. The molecule has 2 rings (SSSR count). The van der Waals surface area contributed by atoms with Crippen LogP contribution in [0.3, 0.4) is 0 Å². The minimum atomic E-state index is -3.64. The van der Waals surface area contributed by atoms with E-state index in [9.17, 15) is 18.0 Å². The molecule has 9 heteroatoms. The highest BCUT2D eigenvalue weighted by Gasteiger charge is 2.22. The number of rotatable bonds is 8. The van der Waals surface area contributed by atoms with E-state index in [1.165, 1.54) is 16.4 Å². The molecule has 0 aliphatic rings. The van der Waals surface area contributed by atoms with Gasteiger partial charge >= 0.3 is 5.97 Å². The fourth-order valence-corrected chi connectivity index (χ4v) is 4.16. The van der Waals surface area contributed by atoms with Gasteiger partial charge < -0.3 is 14.6 Å². The number of ether oxygens (including phenoxy) is 1. The molecule has 0 radical (unpaired) electrons. The van der Waals surface area contributed by atoms with Crippen LogP contribution in [-0.2, 0) is 26.6 Å². The summed E-state index contributed by atoms with van der Waals surface area (Å²) in [6, 6.07) is 7.84. The number of esters is 1. The first kappa shape index (κ1) is 21.6. The van der Waals surface area contributed by atoms with Crippen LogP contribution in [0.15, 0.2) is 41.4 Å². The highest BCUT2D eigenvalue weighted by atomic mass is 32.2. The van der Waals surface area contributed by atoms with Gasteiger partial charge in [0, 0.05) is 32.0 Å². The number of aromatic nitrogens is 1. The van der Waals surface area contributed by atoms with Crippen molar-refractivity contribution in [3.63, 3.8) is 0 Å². The van der Waals surface area contributed by atoms with Crippen molar-refractivity contribution in [2.45, 2.75) is 25.7 Å². The van der Waals surface area contributed by atoms with Crippen LogP contribution in [0, 0.1) is 6.92 Å². The van der Waals surface area contributed by atoms with E-state index < -0.39 is 28.5 Å². The monoisotopic (exact) mass is 407 g/mol. The maximum Gasteiger partial charge on any atom is 0.355 e. The number of nitrogens with one attached hydrogen (secondary N) is 1. The number of carbonyl (C=O) groups excluding carboxylic acids is 2. The van der Waals surface area contributed by atoms with Gasteiger partial charge in [-0.05, 0) is 36.8 Å². The normalized spacial score (nSPS) is 11.5. The minimum Gasteiger partial charge on any atom is -0.451 e. The fraction of sp³-hybridized carbons (Fsp3) is 0.368. The molecule has 1 heterocycles. The van der Waals surface area contributed by atoms with Crippen molar-refractivity contribution < 1.29 is 22.7 Å².